The first-order chi connectivity index (χ1) is 8.97. The minimum Gasteiger partial charge on any atom is -0.305 e. The van der Waals surface area contributed by atoms with Gasteiger partial charge in [-0.2, -0.15) is 5.10 Å². The highest BCUT2D eigenvalue weighted by molar-refractivity contribution is 14.1. The number of halogens is 2. The topological polar surface area (TPSA) is 57.8 Å². The molecular formula is C13H13ClIN3O. The Balaban J connectivity index is 2.13. The summed E-state index contributed by atoms with van der Waals surface area (Å²) in [7, 11) is 0. The van der Waals surface area contributed by atoms with Crippen LogP contribution >= 0.6 is 34.2 Å². The van der Waals surface area contributed by atoms with Crippen LogP contribution in [0.1, 0.15) is 35.8 Å². The van der Waals surface area contributed by atoms with Crippen molar-refractivity contribution >= 4 is 45.9 Å². The average molecular weight is 390 g/mol. The number of hydrogen-bond acceptors (Lipinski definition) is 2. The van der Waals surface area contributed by atoms with Gasteiger partial charge in [-0.05, 0) is 46.7 Å². The van der Waals surface area contributed by atoms with Crippen LogP contribution in [-0.2, 0) is 0 Å². The zero-order valence-corrected chi connectivity index (χ0v) is 13.4. The van der Waals surface area contributed by atoms with Crippen molar-refractivity contribution in [1.82, 2.24) is 10.2 Å². The van der Waals surface area contributed by atoms with E-state index >= 15 is 0 Å². The molecule has 1 aromatic heterocycles. The highest BCUT2D eigenvalue weighted by Gasteiger charge is 2.11. The summed E-state index contributed by atoms with van der Waals surface area (Å²) in [6, 6.07) is 6.98. The number of benzene rings is 1. The number of nitrogens with zero attached hydrogens (tertiary/aromatic N) is 1. The first-order valence-electron chi connectivity index (χ1n) is 5.79. The van der Waals surface area contributed by atoms with Crippen LogP contribution in [0.5, 0.6) is 0 Å². The molecule has 0 saturated heterocycles. The van der Waals surface area contributed by atoms with Crippen LogP contribution in [0.2, 0.25) is 5.02 Å². The molecular weight excluding hydrogens is 377 g/mol. The van der Waals surface area contributed by atoms with Crippen molar-refractivity contribution in [1.29, 1.82) is 0 Å². The predicted octanol–water partition coefficient (Wildman–Crippen LogP) is 4.04. The van der Waals surface area contributed by atoms with Crippen molar-refractivity contribution < 1.29 is 4.79 Å². The second kappa shape index (κ2) is 5.92. The van der Waals surface area contributed by atoms with E-state index in [0.29, 0.717) is 22.3 Å². The van der Waals surface area contributed by atoms with Crippen molar-refractivity contribution in [3.05, 3.63) is 44.1 Å². The fraction of sp³-hybridized carbons (Fsp3) is 0.231. The summed E-state index contributed by atoms with van der Waals surface area (Å²) in [5.41, 5.74) is 1.55. The van der Waals surface area contributed by atoms with E-state index in [9.17, 15) is 4.79 Å². The van der Waals surface area contributed by atoms with Gasteiger partial charge in [0.05, 0.1) is 5.02 Å². The molecule has 2 rings (SSSR count). The van der Waals surface area contributed by atoms with Crippen LogP contribution in [0, 0.1) is 3.57 Å². The third-order valence-corrected chi connectivity index (χ3v) is 4.18. The highest BCUT2D eigenvalue weighted by atomic mass is 127. The molecule has 1 amide bonds. The Morgan fingerprint density at radius 2 is 2.16 bits per heavy atom. The first kappa shape index (κ1) is 14.3. The van der Waals surface area contributed by atoms with Gasteiger partial charge in [0.1, 0.15) is 0 Å². The monoisotopic (exact) mass is 389 g/mol. The van der Waals surface area contributed by atoms with Crippen LogP contribution < -0.4 is 5.32 Å². The molecule has 1 aromatic carbocycles. The molecule has 100 valence electrons. The van der Waals surface area contributed by atoms with E-state index in [1.807, 2.05) is 6.07 Å². The minimum absolute atomic E-state index is 0.198. The molecule has 0 atom stereocenters. The lowest BCUT2D eigenvalue weighted by Gasteiger charge is -2.03. The number of H-pyrrole nitrogens is 1. The third-order valence-electron chi connectivity index (χ3n) is 2.64. The van der Waals surface area contributed by atoms with Gasteiger partial charge in [0.15, 0.2) is 5.82 Å². The second-order valence-corrected chi connectivity index (χ2v) is 6.02. The van der Waals surface area contributed by atoms with Crippen LogP contribution in [-0.4, -0.2) is 16.1 Å². The van der Waals surface area contributed by atoms with Crippen LogP contribution in [0.15, 0.2) is 24.3 Å². The maximum Gasteiger partial charge on any atom is 0.256 e. The number of carbonyl (C=O) groups excluding carboxylic acids is 1. The zero-order valence-electron chi connectivity index (χ0n) is 10.5. The molecule has 1 heterocycles. The van der Waals surface area contributed by atoms with E-state index in [1.165, 1.54) is 0 Å². The molecule has 0 fully saturated rings. The zero-order chi connectivity index (χ0) is 14.0. The molecule has 0 bridgehead atoms. The summed E-state index contributed by atoms with van der Waals surface area (Å²) in [6.45, 7) is 4.11. The number of anilines is 1. The van der Waals surface area contributed by atoms with Crippen LogP contribution in [0.3, 0.4) is 0 Å². The molecule has 0 spiro atoms. The molecule has 0 radical (unpaired) electrons. The summed E-state index contributed by atoms with van der Waals surface area (Å²) >= 11 is 8.02. The fourth-order valence-corrected chi connectivity index (χ4v) is 2.16. The summed E-state index contributed by atoms with van der Waals surface area (Å²) < 4.78 is 0.844. The molecule has 0 unspecified atom stereocenters. The number of amides is 1. The number of aromatic amines is 1. The van der Waals surface area contributed by atoms with E-state index in [2.05, 4.69) is 52.0 Å². The van der Waals surface area contributed by atoms with Crippen molar-refractivity contribution in [2.75, 3.05) is 5.32 Å². The lowest BCUT2D eigenvalue weighted by molar-refractivity contribution is 0.102. The summed E-state index contributed by atoms with van der Waals surface area (Å²) in [6.07, 6.45) is 0. The molecule has 2 N–H and O–H groups in total. The van der Waals surface area contributed by atoms with E-state index in [-0.39, 0.29) is 5.91 Å². The average Bonchev–Trinajstić information content (AvgIpc) is 2.81. The van der Waals surface area contributed by atoms with Gasteiger partial charge in [-0.25, -0.2) is 0 Å². The highest BCUT2D eigenvalue weighted by Crippen LogP contribution is 2.20. The van der Waals surface area contributed by atoms with Gasteiger partial charge in [-0.15, -0.1) is 0 Å². The molecule has 0 saturated carbocycles. The molecule has 0 aliphatic carbocycles. The van der Waals surface area contributed by atoms with Crippen LogP contribution in [0.4, 0.5) is 5.82 Å². The van der Waals surface area contributed by atoms with Gasteiger partial charge in [0, 0.05) is 20.9 Å². The molecule has 19 heavy (non-hydrogen) atoms. The van der Waals surface area contributed by atoms with Gasteiger partial charge in [0.2, 0.25) is 0 Å². The van der Waals surface area contributed by atoms with E-state index in [4.69, 9.17) is 11.6 Å². The summed E-state index contributed by atoms with van der Waals surface area (Å²) in [4.78, 5) is 12.0. The van der Waals surface area contributed by atoms with Gasteiger partial charge >= 0.3 is 0 Å². The van der Waals surface area contributed by atoms with Crippen LogP contribution in [0.25, 0.3) is 0 Å². The molecule has 4 nitrogen and oxygen atoms in total. The van der Waals surface area contributed by atoms with Gasteiger partial charge in [-0.3, -0.25) is 9.89 Å². The SMILES string of the molecule is CC(C)c1cc(NC(=O)c2ccc(Cl)c(I)c2)n[nH]1. The second-order valence-electron chi connectivity index (χ2n) is 4.45. The Bertz CT molecular complexity index is 610. The molecule has 2 aromatic rings. The maximum absolute atomic E-state index is 12.0. The lowest BCUT2D eigenvalue weighted by Crippen LogP contribution is -2.12. The number of hydrogen-bond donors (Lipinski definition) is 2. The van der Waals surface area contributed by atoms with Crippen molar-refractivity contribution in [3.8, 4) is 0 Å². The van der Waals surface area contributed by atoms with E-state index in [1.54, 1.807) is 18.2 Å². The third kappa shape index (κ3) is 3.48. The van der Waals surface area contributed by atoms with Gasteiger partial charge in [-0.1, -0.05) is 25.4 Å². The van der Waals surface area contributed by atoms with Crippen molar-refractivity contribution in [2.45, 2.75) is 19.8 Å². The van der Waals surface area contributed by atoms with Crippen molar-refractivity contribution in [2.24, 2.45) is 0 Å². The Morgan fingerprint density at radius 1 is 1.42 bits per heavy atom. The standard InChI is InChI=1S/C13H13ClIN3O/c1-7(2)11-6-12(18-17-11)16-13(19)8-3-4-9(14)10(15)5-8/h3-7H,1-2H3,(H2,16,17,18,19). The number of carbonyl (C=O) groups is 1. The fourth-order valence-electron chi connectivity index (χ4n) is 1.52. The summed E-state index contributed by atoms with van der Waals surface area (Å²) in [5.74, 6) is 0.671. The number of rotatable bonds is 3. The maximum atomic E-state index is 12.0. The van der Waals surface area contributed by atoms with E-state index in [0.717, 1.165) is 9.26 Å². The largest absolute Gasteiger partial charge is 0.305 e. The Kier molecular flexibility index (Phi) is 4.46. The number of nitrogens with one attached hydrogen (secondary N) is 2. The first-order valence-corrected chi connectivity index (χ1v) is 7.24. The lowest BCUT2D eigenvalue weighted by atomic mass is 10.1. The molecule has 0 aliphatic rings. The van der Waals surface area contributed by atoms with Gasteiger partial charge in [0.25, 0.3) is 5.91 Å². The minimum atomic E-state index is -0.198. The predicted molar refractivity (Wildman–Crippen MR) is 84.8 cm³/mol. The Hall–Kier alpha value is -1.08. The Labute approximate surface area is 130 Å². The number of aromatic nitrogens is 2. The molecule has 6 heteroatoms. The quantitative estimate of drug-likeness (QED) is 0.778. The normalized spacial score (nSPS) is 10.8. The van der Waals surface area contributed by atoms with Crippen molar-refractivity contribution in [3.63, 3.8) is 0 Å². The summed E-state index contributed by atoms with van der Waals surface area (Å²) in [5, 5.41) is 10.3. The van der Waals surface area contributed by atoms with E-state index < -0.39 is 0 Å². The Morgan fingerprint density at radius 3 is 2.74 bits per heavy atom. The smallest absolute Gasteiger partial charge is 0.256 e. The van der Waals surface area contributed by atoms with Gasteiger partial charge < -0.3 is 5.32 Å². The molecule has 0 aliphatic heterocycles.